The summed E-state index contributed by atoms with van der Waals surface area (Å²) in [6.45, 7) is 6.12. The normalized spacial score (nSPS) is 9.32. The first kappa shape index (κ1) is 19.6. The Morgan fingerprint density at radius 1 is 1.05 bits per heavy atom. The van der Waals surface area contributed by atoms with E-state index in [0.29, 0.717) is 0 Å². The van der Waals surface area contributed by atoms with E-state index in [1.165, 1.54) is 19.5 Å². The summed E-state index contributed by atoms with van der Waals surface area (Å²) in [6, 6.07) is 23.1. The van der Waals surface area contributed by atoms with Gasteiger partial charge in [0.25, 0.3) is 0 Å². The maximum Gasteiger partial charge on any atom is -0.0809 e. The molecule has 0 amide bonds. The van der Waals surface area contributed by atoms with Crippen molar-refractivity contribution < 1.29 is 18.9 Å². The van der Waals surface area contributed by atoms with Gasteiger partial charge in [0.05, 0.1) is 0 Å². The number of rotatable bonds is 1. The molecule has 3 rings (SSSR count). The molecule has 0 saturated heterocycles. The zero-order valence-corrected chi connectivity index (χ0v) is 17.3. The first-order valence-electron chi connectivity index (χ1n) is 7.34. The topological polar surface area (TPSA) is 0 Å². The molecule has 3 aromatic rings. The predicted octanol–water partition coefficient (Wildman–Crippen LogP) is 6.65. The Morgan fingerprint density at radius 2 is 1.73 bits per heavy atom. The zero-order chi connectivity index (χ0) is 16.4. The molecule has 0 fully saturated rings. The largest absolute Gasteiger partial charge is 0.168 e. The van der Waals surface area contributed by atoms with Gasteiger partial charge in [-0.25, -0.2) is 6.07 Å². The standard InChI is InChI=1S/C9H7.C7H9.C3H6.2ClH.Zr/c1-2-5-9-7-3-6-8(9)4-1;1-2-7-5-3-4-6-7;1-3-2;;;/h1-7H;3-6H,2H2,1H3;1-2H3;2*1H;/q2*-1;;;;+2/p-2. The van der Waals surface area contributed by atoms with E-state index in [0.717, 1.165) is 6.42 Å². The number of halogens is 2. The summed E-state index contributed by atoms with van der Waals surface area (Å²) in [7, 11) is 11.1. The van der Waals surface area contributed by atoms with Crippen LogP contribution in [0.4, 0.5) is 0 Å². The van der Waals surface area contributed by atoms with Gasteiger partial charge in [0.15, 0.2) is 0 Å². The van der Waals surface area contributed by atoms with E-state index in [2.05, 4.69) is 73.7 Å². The molecule has 3 aromatic carbocycles. The Bertz CT molecular complexity index is 630. The average molecular weight is 413 g/mol. The third-order valence-corrected chi connectivity index (χ3v) is 9.40. The molecule has 0 radical (unpaired) electrons. The van der Waals surface area contributed by atoms with Gasteiger partial charge in [-0.3, -0.25) is 0 Å². The Hall–Kier alpha value is -0.487. The molecular formula is C19H22Cl2Zr-2. The van der Waals surface area contributed by atoms with Crippen molar-refractivity contribution in [2.45, 2.75) is 27.2 Å². The number of benzene rings is 1. The van der Waals surface area contributed by atoms with Crippen LogP contribution in [-0.4, -0.2) is 3.21 Å². The molecule has 0 unspecified atom stereocenters. The van der Waals surface area contributed by atoms with Crippen LogP contribution in [-0.2, 0) is 25.3 Å². The molecule has 0 heterocycles. The van der Waals surface area contributed by atoms with E-state index < -0.39 is 18.9 Å². The van der Waals surface area contributed by atoms with Crippen LogP contribution >= 0.6 is 17.0 Å². The molecule has 22 heavy (non-hydrogen) atoms. The first-order valence-corrected chi connectivity index (χ1v) is 14.9. The Morgan fingerprint density at radius 3 is 2.18 bits per heavy atom. The number of hydrogen-bond donors (Lipinski definition) is 0. The third-order valence-electron chi connectivity index (χ3n) is 3.07. The molecule has 0 bridgehead atoms. The summed E-state index contributed by atoms with van der Waals surface area (Å²) in [5.74, 6) is 0. The molecule has 3 heteroatoms. The van der Waals surface area contributed by atoms with Gasteiger partial charge in [-0.15, -0.1) is 29.7 Å². The third kappa shape index (κ3) is 7.68. The van der Waals surface area contributed by atoms with Crippen molar-refractivity contribution in [2.75, 3.05) is 0 Å². The second-order valence-electron chi connectivity index (χ2n) is 5.06. The summed E-state index contributed by atoms with van der Waals surface area (Å²) >= 11 is -1.84. The van der Waals surface area contributed by atoms with Crippen LogP contribution in [0.3, 0.4) is 0 Å². The predicted molar refractivity (Wildman–Crippen MR) is 99.0 cm³/mol. The van der Waals surface area contributed by atoms with E-state index in [1.807, 2.05) is 13.8 Å². The smallest absolute Gasteiger partial charge is 0.0809 e. The Kier molecular flexibility index (Phi) is 9.88. The van der Waals surface area contributed by atoms with Gasteiger partial charge < -0.3 is 0 Å². The second-order valence-corrected chi connectivity index (χ2v) is 14.4. The van der Waals surface area contributed by atoms with Crippen LogP contribution in [0.25, 0.3) is 10.8 Å². The number of hydrogen-bond acceptors (Lipinski definition) is 0. The van der Waals surface area contributed by atoms with Gasteiger partial charge >= 0.3 is 53.0 Å². The van der Waals surface area contributed by atoms with Crippen LogP contribution in [0, 0.1) is 0 Å². The molecule has 0 nitrogen and oxygen atoms in total. The molecule has 0 N–H and O–H groups in total. The fourth-order valence-corrected chi connectivity index (χ4v) is 1.72. The van der Waals surface area contributed by atoms with Crippen molar-refractivity contribution in [3.63, 3.8) is 0 Å². The second kappa shape index (κ2) is 11.1. The summed E-state index contributed by atoms with van der Waals surface area (Å²) < 4.78 is 1.24. The van der Waals surface area contributed by atoms with E-state index in [9.17, 15) is 0 Å². The summed E-state index contributed by atoms with van der Waals surface area (Å²) in [5, 5.41) is 2.66. The first-order chi connectivity index (χ1) is 10.5. The Labute approximate surface area is 148 Å². The monoisotopic (exact) mass is 410 g/mol. The molecule has 0 aromatic heterocycles. The molecule has 0 saturated carbocycles. The fraction of sp³-hybridized carbons (Fsp3) is 0.211. The molecule has 118 valence electrons. The van der Waals surface area contributed by atoms with Gasteiger partial charge in [0.1, 0.15) is 0 Å². The molecular weight excluding hydrogens is 390 g/mol. The fourth-order valence-electron chi connectivity index (χ4n) is 1.72. The van der Waals surface area contributed by atoms with Gasteiger partial charge in [-0.1, -0.05) is 19.4 Å². The van der Waals surface area contributed by atoms with Crippen LogP contribution < -0.4 is 0 Å². The van der Waals surface area contributed by atoms with Crippen molar-refractivity contribution in [1.82, 2.24) is 0 Å². The number of aryl methyl sites for hydroxylation is 1. The zero-order valence-electron chi connectivity index (χ0n) is 13.3. The average Bonchev–Trinajstić information content (AvgIpc) is 3.19. The molecule has 0 aliphatic heterocycles. The molecule has 0 aliphatic rings. The van der Waals surface area contributed by atoms with E-state index in [4.69, 9.17) is 17.0 Å². The van der Waals surface area contributed by atoms with Crippen molar-refractivity contribution in [1.29, 1.82) is 0 Å². The maximum absolute atomic E-state index is 5.54. The van der Waals surface area contributed by atoms with Crippen LogP contribution in [0.2, 0.25) is 0 Å². The van der Waals surface area contributed by atoms with Crippen LogP contribution in [0.1, 0.15) is 26.3 Å². The number of fused-ring (bicyclic) bond motifs is 1. The molecule has 0 aliphatic carbocycles. The molecule has 0 atom stereocenters. The van der Waals surface area contributed by atoms with Crippen molar-refractivity contribution in [2.24, 2.45) is 0 Å². The Balaban J connectivity index is 0.000000170. The minimum Gasteiger partial charge on any atom is -0.168 e. The van der Waals surface area contributed by atoms with Crippen LogP contribution in [0.5, 0.6) is 0 Å². The maximum atomic E-state index is 5.54. The van der Waals surface area contributed by atoms with Crippen molar-refractivity contribution in [3.05, 3.63) is 72.3 Å². The van der Waals surface area contributed by atoms with Crippen molar-refractivity contribution >= 4 is 31.0 Å². The molecule has 0 spiro atoms. The summed E-state index contributed by atoms with van der Waals surface area (Å²) in [5.41, 5.74) is 1.43. The van der Waals surface area contributed by atoms with Gasteiger partial charge in [0.2, 0.25) is 0 Å². The summed E-state index contributed by atoms with van der Waals surface area (Å²) in [6.07, 6.45) is 1.16. The van der Waals surface area contributed by atoms with E-state index in [1.54, 1.807) is 0 Å². The minimum absolute atomic E-state index is 1.16. The van der Waals surface area contributed by atoms with Gasteiger partial charge in [-0.05, 0) is 0 Å². The quantitative estimate of drug-likeness (QED) is 0.393. The van der Waals surface area contributed by atoms with E-state index >= 15 is 0 Å². The van der Waals surface area contributed by atoms with E-state index in [-0.39, 0.29) is 0 Å². The van der Waals surface area contributed by atoms with Crippen LogP contribution in [0.15, 0.2) is 66.7 Å². The summed E-state index contributed by atoms with van der Waals surface area (Å²) in [4.78, 5) is 0. The van der Waals surface area contributed by atoms with Gasteiger partial charge in [-0.2, -0.15) is 41.3 Å². The SMILES string of the molecule is CCc1cc[cH-]c1.C[C](C)=[Zr]([Cl])[Cl].c1ccc2[cH-]ccc2c1. The minimum atomic E-state index is -1.84. The van der Waals surface area contributed by atoms with Gasteiger partial charge in [0, 0.05) is 0 Å². The van der Waals surface area contributed by atoms with Crippen molar-refractivity contribution in [3.8, 4) is 0 Å².